The number of carbonyl (C=O) groups excluding carboxylic acids is 1. The van der Waals surface area contributed by atoms with Gasteiger partial charge in [0.15, 0.2) is 6.61 Å². The van der Waals surface area contributed by atoms with E-state index >= 15 is 0 Å². The van der Waals surface area contributed by atoms with E-state index in [-0.39, 0.29) is 17.9 Å². The number of rotatable bonds is 4. The van der Waals surface area contributed by atoms with Crippen LogP contribution >= 0.6 is 0 Å². The highest BCUT2D eigenvalue weighted by molar-refractivity contribution is 5.92. The van der Waals surface area contributed by atoms with Crippen LogP contribution in [0.2, 0.25) is 0 Å². The van der Waals surface area contributed by atoms with Gasteiger partial charge in [-0.15, -0.1) is 0 Å². The summed E-state index contributed by atoms with van der Waals surface area (Å²) in [5.41, 5.74) is 6.30. The molecular formula is C15H12FN3O2. The fourth-order valence-corrected chi connectivity index (χ4v) is 1.59. The number of nitrogens with one attached hydrogen (secondary N) is 1. The van der Waals surface area contributed by atoms with Gasteiger partial charge in [-0.25, -0.2) is 4.39 Å². The first kappa shape index (κ1) is 14.3. The third-order valence-corrected chi connectivity index (χ3v) is 2.62. The summed E-state index contributed by atoms with van der Waals surface area (Å²) in [6.45, 7) is -0.261. The van der Waals surface area contributed by atoms with Crippen molar-refractivity contribution >= 4 is 17.3 Å². The lowest BCUT2D eigenvalue weighted by molar-refractivity contribution is -0.118. The number of nitrogens with two attached hydrogens (primary N) is 1. The number of anilines is 2. The molecule has 106 valence electrons. The molecule has 0 unspecified atom stereocenters. The van der Waals surface area contributed by atoms with Crippen LogP contribution in [0.4, 0.5) is 15.8 Å². The Bertz CT molecular complexity index is 693. The van der Waals surface area contributed by atoms with Crippen LogP contribution in [0, 0.1) is 17.1 Å². The molecule has 0 aromatic heterocycles. The Labute approximate surface area is 120 Å². The average molecular weight is 285 g/mol. The van der Waals surface area contributed by atoms with Crippen molar-refractivity contribution in [1.29, 1.82) is 5.26 Å². The third kappa shape index (κ3) is 3.94. The molecule has 21 heavy (non-hydrogen) atoms. The molecule has 0 radical (unpaired) electrons. The summed E-state index contributed by atoms with van der Waals surface area (Å²) in [6.07, 6.45) is 0. The van der Waals surface area contributed by atoms with E-state index < -0.39 is 11.7 Å². The predicted molar refractivity (Wildman–Crippen MR) is 76.1 cm³/mol. The number of halogens is 1. The van der Waals surface area contributed by atoms with Crippen molar-refractivity contribution in [2.45, 2.75) is 0 Å². The van der Waals surface area contributed by atoms with Gasteiger partial charge in [0.2, 0.25) is 0 Å². The Morgan fingerprint density at radius 2 is 2.00 bits per heavy atom. The molecule has 1 amide bonds. The monoisotopic (exact) mass is 285 g/mol. The lowest BCUT2D eigenvalue weighted by Gasteiger charge is -2.08. The molecule has 0 bridgehead atoms. The van der Waals surface area contributed by atoms with E-state index in [0.29, 0.717) is 11.4 Å². The van der Waals surface area contributed by atoms with E-state index in [2.05, 4.69) is 5.32 Å². The molecule has 0 fully saturated rings. The maximum Gasteiger partial charge on any atom is 0.262 e. The van der Waals surface area contributed by atoms with Crippen LogP contribution in [-0.4, -0.2) is 12.5 Å². The van der Waals surface area contributed by atoms with Crippen molar-refractivity contribution in [3.05, 3.63) is 53.8 Å². The summed E-state index contributed by atoms with van der Waals surface area (Å²) in [6, 6.07) is 12.2. The molecule has 0 spiro atoms. The second-order valence-corrected chi connectivity index (χ2v) is 4.21. The molecule has 2 rings (SSSR count). The molecule has 5 nitrogen and oxygen atoms in total. The summed E-state index contributed by atoms with van der Waals surface area (Å²) in [7, 11) is 0. The van der Waals surface area contributed by atoms with Gasteiger partial charge < -0.3 is 15.8 Å². The van der Waals surface area contributed by atoms with Crippen molar-refractivity contribution in [1.82, 2.24) is 0 Å². The Morgan fingerprint density at radius 1 is 1.29 bits per heavy atom. The van der Waals surface area contributed by atoms with Crippen molar-refractivity contribution in [3.63, 3.8) is 0 Å². The zero-order valence-electron chi connectivity index (χ0n) is 11.0. The number of nitrogens with zero attached hydrogens (tertiary/aromatic N) is 1. The number of carbonyl (C=O) groups is 1. The van der Waals surface area contributed by atoms with E-state index in [1.807, 2.05) is 6.07 Å². The van der Waals surface area contributed by atoms with Crippen molar-refractivity contribution in [3.8, 4) is 11.8 Å². The molecule has 6 heteroatoms. The smallest absolute Gasteiger partial charge is 0.262 e. The topological polar surface area (TPSA) is 88.1 Å². The number of nitrogen functional groups attached to an aromatic ring is 1. The summed E-state index contributed by atoms with van der Waals surface area (Å²) >= 11 is 0. The number of amides is 1. The van der Waals surface area contributed by atoms with E-state index in [0.717, 1.165) is 6.07 Å². The summed E-state index contributed by atoms with van der Waals surface area (Å²) in [5.74, 6) is -0.690. The fourth-order valence-electron chi connectivity index (χ4n) is 1.59. The summed E-state index contributed by atoms with van der Waals surface area (Å²) in [4.78, 5) is 11.7. The minimum Gasteiger partial charge on any atom is -0.484 e. The molecule has 2 aromatic carbocycles. The van der Waals surface area contributed by atoms with Gasteiger partial charge in [-0.2, -0.15) is 5.26 Å². The Balaban J connectivity index is 1.93. The quantitative estimate of drug-likeness (QED) is 0.844. The van der Waals surface area contributed by atoms with Crippen LogP contribution in [0.1, 0.15) is 5.56 Å². The van der Waals surface area contributed by atoms with Gasteiger partial charge in [0.25, 0.3) is 5.91 Å². The van der Waals surface area contributed by atoms with Gasteiger partial charge in [-0.1, -0.05) is 0 Å². The zero-order chi connectivity index (χ0) is 15.2. The summed E-state index contributed by atoms with van der Waals surface area (Å²) in [5, 5.41) is 11.0. The molecule has 0 aliphatic rings. The van der Waals surface area contributed by atoms with Crippen LogP contribution in [0.5, 0.6) is 5.75 Å². The predicted octanol–water partition coefficient (Wildman–Crippen LogP) is 2.30. The van der Waals surface area contributed by atoms with Crippen LogP contribution < -0.4 is 15.8 Å². The molecule has 0 saturated carbocycles. The summed E-state index contributed by atoms with van der Waals surface area (Å²) < 4.78 is 18.8. The lowest BCUT2D eigenvalue weighted by atomic mass is 10.2. The molecular weight excluding hydrogens is 273 g/mol. The molecule has 0 aliphatic heterocycles. The second kappa shape index (κ2) is 6.39. The van der Waals surface area contributed by atoms with Gasteiger partial charge in [0.05, 0.1) is 17.3 Å². The van der Waals surface area contributed by atoms with Crippen LogP contribution in [0.3, 0.4) is 0 Å². The number of nitriles is 1. The Morgan fingerprint density at radius 3 is 2.62 bits per heavy atom. The second-order valence-electron chi connectivity index (χ2n) is 4.21. The van der Waals surface area contributed by atoms with E-state index in [1.54, 1.807) is 24.3 Å². The van der Waals surface area contributed by atoms with Gasteiger partial charge in [0.1, 0.15) is 11.6 Å². The largest absolute Gasteiger partial charge is 0.484 e. The minimum atomic E-state index is -0.671. The highest BCUT2D eigenvalue weighted by Gasteiger charge is 2.08. The lowest BCUT2D eigenvalue weighted by Crippen LogP contribution is -2.20. The Hall–Kier alpha value is -3.07. The minimum absolute atomic E-state index is 0.0000869. The highest BCUT2D eigenvalue weighted by Crippen LogP contribution is 2.16. The van der Waals surface area contributed by atoms with E-state index in [4.69, 9.17) is 15.7 Å². The van der Waals surface area contributed by atoms with Crippen LogP contribution in [0.25, 0.3) is 0 Å². The average Bonchev–Trinajstić information content (AvgIpc) is 2.48. The molecule has 3 N–H and O–H groups in total. The molecule has 0 aliphatic carbocycles. The van der Waals surface area contributed by atoms with Gasteiger partial charge in [-0.05, 0) is 42.5 Å². The third-order valence-electron chi connectivity index (χ3n) is 2.62. The van der Waals surface area contributed by atoms with Gasteiger partial charge >= 0.3 is 0 Å². The van der Waals surface area contributed by atoms with Crippen molar-refractivity contribution in [2.75, 3.05) is 17.7 Å². The number of hydrogen-bond donors (Lipinski definition) is 2. The molecule has 0 atom stereocenters. The standard InChI is InChI=1S/C15H12FN3O2/c16-13-7-10(8-17)1-6-14(13)19-15(20)9-21-12-4-2-11(18)3-5-12/h1-7H,9,18H2,(H,19,20). The number of hydrogen-bond acceptors (Lipinski definition) is 4. The normalized spacial score (nSPS) is 9.71. The molecule has 2 aromatic rings. The first-order chi connectivity index (χ1) is 10.1. The van der Waals surface area contributed by atoms with Gasteiger partial charge in [-0.3, -0.25) is 4.79 Å². The van der Waals surface area contributed by atoms with Crippen LogP contribution in [0.15, 0.2) is 42.5 Å². The van der Waals surface area contributed by atoms with Crippen molar-refractivity contribution in [2.24, 2.45) is 0 Å². The SMILES string of the molecule is N#Cc1ccc(NC(=O)COc2ccc(N)cc2)c(F)c1. The van der Waals surface area contributed by atoms with Crippen LogP contribution in [-0.2, 0) is 4.79 Å². The van der Waals surface area contributed by atoms with Gasteiger partial charge in [0, 0.05) is 5.69 Å². The molecule has 0 heterocycles. The maximum atomic E-state index is 13.6. The van der Waals surface area contributed by atoms with E-state index in [1.165, 1.54) is 12.1 Å². The Kier molecular flexibility index (Phi) is 4.36. The first-order valence-corrected chi connectivity index (χ1v) is 6.06. The molecule has 0 saturated heterocycles. The maximum absolute atomic E-state index is 13.6. The van der Waals surface area contributed by atoms with E-state index in [9.17, 15) is 9.18 Å². The first-order valence-electron chi connectivity index (χ1n) is 6.06. The highest BCUT2D eigenvalue weighted by atomic mass is 19.1. The van der Waals surface area contributed by atoms with Crippen molar-refractivity contribution < 1.29 is 13.9 Å². The fraction of sp³-hybridized carbons (Fsp3) is 0.0667. The number of benzene rings is 2. The number of ether oxygens (including phenoxy) is 1. The zero-order valence-corrected chi connectivity index (χ0v) is 11.0.